The number of para-hydroxylation sites is 1. The number of nitrogens with one attached hydrogen (secondary N) is 1. The fourth-order valence-corrected chi connectivity index (χ4v) is 4.30. The third-order valence-electron chi connectivity index (χ3n) is 4.19. The molecule has 0 heterocycles. The first-order valence-electron chi connectivity index (χ1n) is 9.08. The molecule has 3 aromatic rings. The van der Waals surface area contributed by atoms with Gasteiger partial charge in [0.15, 0.2) is 0 Å². The maximum absolute atomic E-state index is 13.2. The van der Waals surface area contributed by atoms with Gasteiger partial charge in [-0.05, 0) is 48.9 Å². The summed E-state index contributed by atoms with van der Waals surface area (Å²) in [5.41, 5.74) is 4.39. The van der Waals surface area contributed by atoms with Crippen molar-refractivity contribution >= 4 is 39.4 Å². The second kappa shape index (κ2) is 9.56. The summed E-state index contributed by atoms with van der Waals surface area (Å²) in [6.07, 6.45) is 1.44. The number of rotatable bonds is 7. The molecule has 0 aliphatic heterocycles. The summed E-state index contributed by atoms with van der Waals surface area (Å²) in [5, 5.41) is 4.44. The number of hydrogen-bond donors (Lipinski definition) is 1. The average Bonchev–Trinajstić information content (AvgIpc) is 2.73. The Bertz CT molecular complexity index is 1150. The Kier molecular flexibility index (Phi) is 6.87. The van der Waals surface area contributed by atoms with E-state index < -0.39 is 22.5 Å². The van der Waals surface area contributed by atoms with E-state index in [0.717, 1.165) is 9.87 Å². The monoisotopic (exact) mass is 441 g/mol. The van der Waals surface area contributed by atoms with Gasteiger partial charge in [-0.25, -0.2) is 13.8 Å². The lowest BCUT2D eigenvalue weighted by Gasteiger charge is -2.23. The maximum atomic E-state index is 13.2. The molecule has 6 nitrogen and oxygen atoms in total. The van der Waals surface area contributed by atoms with Crippen LogP contribution in [0.5, 0.6) is 0 Å². The van der Waals surface area contributed by atoms with Crippen molar-refractivity contribution in [3.63, 3.8) is 0 Å². The fourth-order valence-electron chi connectivity index (χ4n) is 2.68. The standard InChI is InChI=1S/C22H20ClN3O3S/c1-17-10-12-21(13-11-17)30(28,29)26(20-8-3-2-4-9-20)16-22(27)25-24-15-18-6-5-7-19(23)14-18/h2-15H,16H2,1H3,(H,25,27). The van der Waals surface area contributed by atoms with Crippen molar-refractivity contribution in [2.75, 3.05) is 10.8 Å². The molecule has 0 bridgehead atoms. The van der Waals surface area contributed by atoms with Crippen LogP contribution in [0.3, 0.4) is 0 Å². The highest BCUT2D eigenvalue weighted by molar-refractivity contribution is 7.92. The number of aryl methyl sites for hydroxylation is 1. The van der Waals surface area contributed by atoms with Crippen molar-refractivity contribution in [2.45, 2.75) is 11.8 Å². The van der Waals surface area contributed by atoms with Gasteiger partial charge in [0, 0.05) is 5.02 Å². The molecule has 0 atom stereocenters. The van der Waals surface area contributed by atoms with Crippen LogP contribution in [0.25, 0.3) is 0 Å². The van der Waals surface area contributed by atoms with Crippen molar-refractivity contribution in [3.05, 3.63) is 95.0 Å². The van der Waals surface area contributed by atoms with E-state index in [4.69, 9.17) is 11.6 Å². The predicted molar refractivity (Wildman–Crippen MR) is 119 cm³/mol. The summed E-state index contributed by atoms with van der Waals surface area (Å²) < 4.78 is 27.5. The molecule has 1 amide bonds. The van der Waals surface area contributed by atoms with Gasteiger partial charge in [0.25, 0.3) is 15.9 Å². The van der Waals surface area contributed by atoms with E-state index in [9.17, 15) is 13.2 Å². The van der Waals surface area contributed by atoms with E-state index in [1.807, 2.05) is 6.92 Å². The molecule has 3 rings (SSSR count). The molecule has 154 valence electrons. The van der Waals surface area contributed by atoms with Crippen LogP contribution in [0.4, 0.5) is 5.69 Å². The quantitative estimate of drug-likeness (QED) is 0.444. The van der Waals surface area contributed by atoms with E-state index >= 15 is 0 Å². The minimum atomic E-state index is -3.95. The van der Waals surface area contributed by atoms with Gasteiger partial charge in [0.2, 0.25) is 0 Å². The number of benzene rings is 3. The molecule has 0 aliphatic rings. The normalized spacial score (nSPS) is 11.4. The zero-order valence-electron chi connectivity index (χ0n) is 16.2. The van der Waals surface area contributed by atoms with Gasteiger partial charge in [0.05, 0.1) is 16.8 Å². The summed E-state index contributed by atoms with van der Waals surface area (Å²) in [6, 6.07) is 21.9. The number of amides is 1. The second-order valence-electron chi connectivity index (χ2n) is 6.51. The molecule has 0 unspecified atom stereocenters. The average molecular weight is 442 g/mol. The third kappa shape index (κ3) is 5.46. The lowest BCUT2D eigenvalue weighted by molar-refractivity contribution is -0.119. The third-order valence-corrected chi connectivity index (χ3v) is 6.22. The topological polar surface area (TPSA) is 78.8 Å². The highest BCUT2D eigenvalue weighted by Crippen LogP contribution is 2.23. The van der Waals surface area contributed by atoms with E-state index in [1.165, 1.54) is 18.3 Å². The van der Waals surface area contributed by atoms with Crippen LogP contribution in [0, 0.1) is 6.92 Å². The van der Waals surface area contributed by atoms with Gasteiger partial charge in [-0.2, -0.15) is 5.10 Å². The number of halogens is 1. The van der Waals surface area contributed by atoms with Crippen LogP contribution in [-0.2, 0) is 14.8 Å². The van der Waals surface area contributed by atoms with Crippen LogP contribution in [-0.4, -0.2) is 27.1 Å². The molecule has 30 heavy (non-hydrogen) atoms. The Labute approximate surface area is 180 Å². The van der Waals surface area contributed by atoms with Crippen molar-refractivity contribution in [1.82, 2.24) is 5.43 Å². The molecule has 8 heteroatoms. The van der Waals surface area contributed by atoms with Crippen molar-refractivity contribution < 1.29 is 13.2 Å². The van der Waals surface area contributed by atoms with Gasteiger partial charge >= 0.3 is 0 Å². The Morgan fingerprint density at radius 1 is 1.03 bits per heavy atom. The van der Waals surface area contributed by atoms with Gasteiger partial charge < -0.3 is 0 Å². The molecule has 0 fully saturated rings. The number of carbonyl (C=O) groups is 1. The van der Waals surface area contributed by atoms with Crippen LogP contribution < -0.4 is 9.73 Å². The summed E-state index contributed by atoms with van der Waals surface area (Å²) in [4.78, 5) is 12.6. The van der Waals surface area contributed by atoms with Crippen LogP contribution in [0.1, 0.15) is 11.1 Å². The molecule has 0 saturated heterocycles. The van der Waals surface area contributed by atoms with Gasteiger partial charge in [0.1, 0.15) is 6.54 Å². The minimum absolute atomic E-state index is 0.104. The number of carbonyl (C=O) groups excluding carboxylic acids is 1. The first-order chi connectivity index (χ1) is 14.4. The second-order valence-corrected chi connectivity index (χ2v) is 8.81. The van der Waals surface area contributed by atoms with E-state index in [1.54, 1.807) is 66.7 Å². The smallest absolute Gasteiger partial charge is 0.264 e. The molecule has 0 saturated carbocycles. The van der Waals surface area contributed by atoms with Crippen LogP contribution >= 0.6 is 11.6 Å². The molecular weight excluding hydrogens is 422 g/mol. The number of nitrogens with zero attached hydrogens (tertiary/aromatic N) is 2. The summed E-state index contributed by atoms with van der Waals surface area (Å²) in [6.45, 7) is 1.45. The number of sulfonamides is 1. The minimum Gasteiger partial charge on any atom is -0.271 e. The SMILES string of the molecule is Cc1ccc(S(=O)(=O)N(CC(=O)NN=Cc2cccc(Cl)c2)c2ccccc2)cc1. The van der Waals surface area contributed by atoms with Gasteiger partial charge in [-0.1, -0.05) is 59.6 Å². The lowest BCUT2D eigenvalue weighted by atomic mass is 10.2. The van der Waals surface area contributed by atoms with Crippen molar-refractivity contribution in [2.24, 2.45) is 5.10 Å². The Hall–Kier alpha value is -3.16. The zero-order valence-corrected chi connectivity index (χ0v) is 17.8. The number of hydrogen-bond acceptors (Lipinski definition) is 4. The molecule has 0 aromatic heterocycles. The Balaban J connectivity index is 1.81. The highest BCUT2D eigenvalue weighted by Gasteiger charge is 2.27. The van der Waals surface area contributed by atoms with E-state index in [0.29, 0.717) is 16.3 Å². The lowest BCUT2D eigenvalue weighted by Crippen LogP contribution is -2.39. The largest absolute Gasteiger partial charge is 0.271 e. The zero-order chi connectivity index (χ0) is 21.6. The van der Waals surface area contributed by atoms with Crippen LogP contribution in [0.15, 0.2) is 88.9 Å². The molecule has 3 aromatic carbocycles. The molecule has 1 N–H and O–H groups in total. The van der Waals surface area contributed by atoms with E-state index in [-0.39, 0.29) is 4.90 Å². The van der Waals surface area contributed by atoms with Crippen LogP contribution in [0.2, 0.25) is 5.02 Å². The summed E-state index contributed by atoms with van der Waals surface area (Å²) in [7, 11) is -3.95. The van der Waals surface area contributed by atoms with Gasteiger partial charge in [-0.15, -0.1) is 0 Å². The van der Waals surface area contributed by atoms with Crippen molar-refractivity contribution in [1.29, 1.82) is 0 Å². The van der Waals surface area contributed by atoms with Gasteiger partial charge in [-0.3, -0.25) is 9.10 Å². The number of hydrazone groups is 1. The maximum Gasteiger partial charge on any atom is 0.264 e. The van der Waals surface area contributed by atoms with E-state index in [2.05, 4.69) is 10.5 Å². The molecule has 0 radical (unpaired) electrons. The van der Waals surface area contributed by atoms with Crippen molar-refractivity contribution in [3.8, 4) is 0 Å². The number of anilines is 1. The predicted octanol–water partition coefficient (Wildman–Crippen LogP) is 3.99. The first-order valence-corrected chi connectivity index (χ1v) is 10.9. The highest BCUT2D eigenvalue weighted by atomic mass is 35.5. The summed E-state index contributed by atoms with van der Waals surface area (Å²) in [5.74, 6) is -0.576. The Morgan fingerprint density at radius 2 is 1.73 bits per heavy atom. The molecule has 0 spiro atoms. The first kappa shape index (κ1) is 21.5. The molecular formula is C22H20ClN3O3S. The Morgan fingerprint density at radius 3 is 2.40 bits per heavy atom. The molecule has 0 aliphatic carbocycles. The summed E-state index contributed by atoms with van der Waals surface area (Å²) >= 11 is 5.92. The fraction of sp³-hybridized carbons (Fsp3) is 0.0909.